The molecule has 2 bridgehead atoms. The van der Waals surface area contributed by atoms with Gasteiger partial charge in [0.1, 0.15) is 0 Å². The zero-order valence-corrected chi connectivity index (χ0v) is 13.4. The van der Waals surface area contributed by atoms with E-state index < -0.39 is 5.97 Å². The van der Waals surface area contributed by atoms with Gasteiger partial charge in [-0.1, -0.05) is 6.92 Å². The van der Waals surface area contributed by atoms with Crippen LogP contribution in [0.25, 0.3) is 0 Å². The van der Waals surface area contributed by atoms with Crippen molar-refractivity contribution in [1.29, 1.82) is 0 Å². The summed E-state index contributed by atoms with van der Waals surface area (Å²) in [6.45, 7) is 5.35. The molecule has 4 atom stereocenters. The Hall–Kier alpha value is -0.610. The highest BCUT2D eigenvalue weighted by atomic mass is 16.5. The van der Waals surface area contributed by atoms with E-state index in [-0.39, 0.29) is 5.60 Å². The molecule has 3 fully saturated rings. The van der Waals surface area contributed by atoms with Crippen molar-refractivity contribution in [3.05, 3.63) is 0 Å². The third-order valence-corrected chi connectivity index (χ3v) is 6.09. The van der Waals surface area contributed by atoms with Crippen molar-refractivity contribution in [2.45, 2.75) is 88.9 Å². The van der Waals surface area contributed by atoms with E-state index in [1.165, 1.54) is 12.8 Å². The maximum absolute atomic E-state index is 11.0. The number of carbonyl (C=O) groups is 1. The second-order valence-electron chi connectivity index (χ2n) is 7.57. The van der Waals surface area contributed by atoms with E-state index >= 15 is 0 Å². The molecule has 4 heteroatoms. The number of carboxylic acids is 1. The Balaban J connectivity index is 1.66. The van der Waals surface area contributed by atoms with Crippen LogP contribution in [0.15, 0.2) is 0 Å². The number of rotatable bonds is 4. The lowest BCUT2D eigenvalue weighted by Gasteiger charge is -2.48. The van der Waals surface area contributed by atoms with Crippen molar-refractivity contribution in [2.24, 2.45) is 5.92 Å². The quantitative estimate of drug-likeness (QED) is 0.866. The van der Waals surface area contributed by atoms with Crippen molar-refractivity contribution < 1.29 is 14.6 Å². The van der Waals surface area contributed by atoms with Gasteiger partial charge >= 0.3 is 5.97 Å². The number of aliphatic carboxylic acids is 1. The number of hydrogen-bond donors (Lipinski definition) is 1. The fourth-order valence-corrected chi connectivity index (χ4v) is 4.94. The lowest BCUT2D eigenvalue weighted by molar-refractivity contribution is -0.139. The van der Waals surface area contributed by atoms with Gasteiger partial charge in [0.05, 0.1) is 5.60 Å². The molecule has 3 aliphatic heterocycles. The van der Waals surface area contributed by atoms with E-state index in [4.69, 9.17) is 9.84 Å². The first kappa shape index (κ1) is 15.3. The van der Waals surface area contributed by atoms with E-state index in [2.05, 4.69) is 18.7 Å². The summed E-state index contributed by atoms with van der Waals surface area (Å²) in [4.78, 5) is 13.7. The first-order valence-electron chi connectivity index (χ1n) is 8.64. The lowest BCUT2D eigenvalue weighted by Crippen LogP contribution is -2.54. The number of fused-ring (bicyclic) bond motifs is 2. The van der Waals surface area contributed by atoms with Crippen LogP contribution in [0.3, 0.4) is 0 Å². The molecule has 21 heavy (non-hydrogen) atoms. The maximum atomic E-state index is 11.0. The van der Waals surface area contributed by atoms with Crippen LogP contribution in [-0.4, -0.2) is 46.3 Å². The SMILES string of the molecule is CCC1(C)CC(N2C3CCC2CC(CC(=O)O)C3)CCO1. The number of carboxylic acid groups (broad SMARTS) is 1. The average Bonchev–Trinajstić information content (AvgIpc) is 2.70. The summed E-state index contributed by atoms with van der Waals surface area (Å²) in [6, 6.07) is 1.89. The van der Waals surface area contributed by atoms with Crippen LogP contribution >= 0.6 is 0 Å². The van der Waals surface area contributed by atoms with E-state index in [0.717, 1.165) is 38.7 Å². The summed E-state index contributed by atoms with van der Waals surface area (Å²) in [5.41, 5.74) is 0.0419. The summed E-state index contributed by atoms with van der Waals surface area (Å²) in [5.74, 6) is -0.230. The second-order valence-corrected chi connectivity index (χ2v) is 7.57. The third kappa shape index (κ3) is 3.11. The van der Waals surface area contributed by atoms with Gasteiger partial charge in [0.2, 0.25) is 0 Å². The summed E-state index contributed by atoms with van der Waals surface area (Å²) in [7, 11) is 0. The van der Waals surface area contributed by atoms with Gasteiger partial charge in [-0.2, -0.15) is 0 Å². The average molecular weight is 295 g/mol. The van der Waals surface area contributed by atoms with E-state index in [1.54, 1.807) is 0 Å². The van der Waals surface area contributed by atoms with Crippen molar-refractivity contribution in [3.8, 4) is 0 Å². The Labute approximate surface area is 127 Å². The van der Waals surface area contributed by atoms with Crippen molar-refractivity contribution in [3.63, 3.8) is 0 Å². The molecule has 4 unspecified atom stereocenters. The van der Waals surface area contributed by atoms with Gasteiger partial charge in [-0.3, -0.25) is 9.69 Å². The zero-order chi connectivity index (χ0) is 15.0. The van der Waals surface area contributed by atoms with Gasteiger partial charge < -0.3 is 9.84 Å². The van der Waals surface area contributed by atoms with Crippen LogP contribution in [0.2, 0.25) is 0 Å². The highest BCUT2D eigenvalue weighted by Gasteiger charge is 2.46. The van der Waals surface area contributed by atoms with E-state index in [1.807, 2.05) is 0 Å². The molecular weight excluding hydrogens is 266 g/mol. The van der Waals surface area contributed by atoms with Crippen LogP contribution in [0.4, 0.5) is 0 Å². The van der Waals surface area contributed by atoms with Gasteiger partial charge in [-0.05, 0) is 57.8 Å². The summed E-state index contributed by atoms with van der Waals surface area (Å²) >= 11 is 0. The van der Waals surface area contributed by atoms with Gasteiger partial charge in [0, 0.05) is 31.2 Å². The highest BCUT2D eigenvalue weighted by Crippen LogP contribution is 2.44. The van der Waals surface area contributed by atoms with Crippen LogP contribution in [0.1, 0.15) is 65.2 Å². The van der Waals surface area contributed by atoms with Gasteiger partial charge in [0.15, 0.2) is 0 Å². The Kier molecular flexibility index (Phi) is 4.28. The molecule has 0 radical (unpaired) electrons. The fourth-order valence-electron chi connectivity index (χ4n) is 4.94. The van der Waals surface area contributed by atoms with Crippen molar-refractivity contribution in [1.82, 2.24) is 4.90 Å². The molecule has 3 aliphatic rings. The molecule has 3 heterocycles. The van der Waals surface area contributed by atoms with Gasteiger partial charge in [0.25, 0.3) is 0 Å². The fraction of sp³-hybridized carbons (Fsp3) is 0.941. The molecule has 3 rings (SSSR count). The smallest absolute Gasteiger partial charge is 0.303 e. The Morgan fingerprint density at radius 3 is 2.48 bits per heavy atom. The first-order valence-corrected chi connectivity index (χ1v) is 8.64. The maximum Gasteiger partial charge on any atom is 0.303 e. The van der Waals surface area contributed by atoms with E-state index in [0.29, 0.717) is 30.5 Å². The number of piperidine rings is 1. The largest absolute Gasteiger partial charge is 0.481 e. The molecule has 0 spiro atoms. The molecule has 3 saturated heterocycles. The van der Waals surface area contributed by atoms with Gasteiger partial charge in [-0.25, -0.2) is 0 Å². The zero-order valence-electron chi connectivity index (χ0n) is 13.4. The van der Waals surface area contributed by atoms with E-state index in [9.17, 15) is 4.79 Å². The minimum Gasteiger partial charge on any atom is -0.481 e. The highest BCUT2D eigenvalue weighted by molar-refractivity contribution is 5.67. The molecular formula is C17H29NO3. The standard InChI is InChI=1S/C17H29NO3/c1-3-17(2)11-15(6-7-21-17)18-13-4-5-14(18)9-12(8-13)10-16(19)20/h12-15H,3-11H2,1-2H3,(H,19,20). The van der Waals surface area contributed by atoms with Crippen molar-refractivity contribution in [2.75, 3.05) is 6.61 Å². The lowest BCUT2D eigenvalue weighted by atomic mass is 9.83. The summed E-state index contributed by atoms with van der Waals surface area (Å²) < 4.78 is 6.00. The molecule has 0 aliphatic carbocycles. The molecule has 0 amide bonds. The normalized spacial score (nSPS) is 43.9. The second kappa shape index (κ2) is 5.88. The summed E-state index contributed by atoms with van der Waals surface area (Å²) in [6.07, 6.45) is 8.43. The molecule has 0 aromatic carbocycles. The summed E-state index contributed by atoms with van der Waals surface area (Å²) in [5, 5.41) is 9.04. The monoisotopic (exact) mass is 295 g/mol. The predicted octanol–water partition coefficient (Wildman–Crippen LogP) is 3.05. The predicted molar refractivity (Wildman–Crippen MR) is 81.3 cm³/mol. The minimum absolute atomic E-state index is 0.0419. The van der Waals surface area contributed by atoms with Crippen LogP contribution < -0.4 is 0 Å². The molecule has 4 nitrogen and oxygen atoms in total. The van der Waals surface area contributed by atoms with Gasteiger partial charge in [-0.15, -0.1) is 0 Å². The first-order chi connectivity index (χ1) is 10.0. The molecule has 0 aromatic rings. The number of ether oxygens (including phenoxy) is 1. The minimum atomic E-state index is -0.627. The van der Waals surface area contributed by atoms with Crippen LogP contribution in [0, 0.1) is 5.92 Å². The molecule has 0 saturated carbocycles. The molecule has 1 N–H and O–H groups in total. The Morgan fingerprint density at radius 2 is 1.90 bits per heavy atom. The Morgan fingerprint density at radius 1 is 1.24 bits per heavy atom. The van der Waals surface area contributed by atoms with Crippen LogP contribution in [0.5, 0.6) is 0 Å². The third-order valence-electron chi connectivity index (χ3n) is 6.09. The number of nitrogens with zero attached hydrogens (tertiary/aromatic N) is 1. The topological polar surface area (TPSA) is 49.8 Å². The van der Waals surface area contributed by atoms with Crippen LogP contribution in [-0.2, 0) is 9.53 Å². The molecule has 120 valence electrons. The Bertz CT molecular complexity index is 385. The number of hydrogen-bond acceptors (Lipinski definition) is 3. The molecule has 0 aromatic heterocycles. The van der Waals surface area contributed by atoms with Crippen molar-refractivity contribution >= 4 is 5.97 Å².